The van der Waals surface area contributed by atoms with Gasteiger partial charge in [0.1, 0.15) is 6.61 Å². The number of aliphatic hydroxyl groups excluding tert-OH is 1. The third-order valence-electron chi connectivity index (χ3n) is 2.60. The van der Waals surface area contributed by atoms with Crippen LogP contribution in [-0.4, -0.2) is 27.6 Å². The summed E-state index contributed by atoms with van der Waals surface area (Å²) in [5.41, 5.74) is 2.18. The second-order valence-corrected chi connectivity index (χ2v) is 4.03. The number of nitrogens with one attached hydrogen (secondary N) is 1. The molecule has 0 aliphatic heterocycles. The standard InChI is InChI=1S/C15H13N3O2/c1-11-9-13(5-4-12(11)3-2-8-19)15(20)18-14-10-16-6-7-17-14/h4-7,9-10,19H,8H2,1H3,(H,17,18,20). The molecule has 0 radical (unpaired) electrons. The first-order valence-electron chi connectivity index (χ1n) is 5.98. The second-order valence-electron chi connectivity index (χ2n) is 4.03. The van der Waals surface area contributed by atoms with Gasteiger partial charge in [-0.15, -0.1) is 0 Å². The van der Waals surface area contributed by atoms with Gasteiger partial charge >= 0.3 is 0 Å². The van der Waals surface area contributed by atoms with Crippen LogP contribution in [0.1, 0.15) is 21.5 Å². The molecule has 100 valence electrons. The Morgan fingerprint density at radius 3 is 2.90 bits per heavy atom. The third kappa shape index (κ3) is 3.40. The van der Waals surface area contributed by atoms with E-state index in [1.807, 2.05) is 6.92 Å². The number of hydrogen-bond acceptors (Lipinski definition) is 4. The summed E-state index contributed by atoms with van der Waals surface area (Å²) in [6.07, 6.45) is 4.52. The maximum absolute atomic E-state index is 12.0. The fourth-order valence-corrected chi connectivity index (χ4v) is 1.63. The molecular weight excluding hydrogens is 254 g/mol. The number of hydrogen-bond donors (Lipinski definition) is 2. The highest BCUT2D eigenvalue weighted by atomic mass is 16.2. The van der Waals surface area contributed by atoms with E-state index in [1.165, 1.54) is 18.6 Å². The van der Waals surface area contributed by atoms with Crippen LogP contribution in [0, 0.1) is 18.8 Å². The molecule has 20 heavy (non-hydrogen) atoms. The van der Waals surface area contributed by atoms with E-state index in [9.17, 15) is 4.79 Å². The molecule has 0 aliphatic carbocycles. The molecule has 1 amide bonds. The average molecular weight is 267 g/mol. The Morgan fingerprint density at radius 1 is 1.40 bits per heavy atom. The van der Waals surface area contributed by atoms with Crippen LogP contribution >= 0.6 is 0 Å². The molecule has 0 fully saturated rings. The molecular formula is C15H13N3O2. The van der Waals surface area contributed by atoms with E-state index < -0.39 is 0 Å². The summed E-state index contributed by atoms with van der Waals surface area (Å²) in [7, 11) is 0. The van der Waals surface area contributed by atoms with Gasteiger partial charge < -0.3 is 10.4 Å². The van der Waals surface area contributed by atoms with Crippen molar-refractivity contribution < 1.29 is 9.90 Å². The summed E-state index contributed by atoms with van der Waals surface area (Å²) in [6, 6.07) is 5.18. The van der Waals surface area contributed by atoms with Crippen molar-refractivity contribution in [3.05, 3.63) is 53.5 Å². The fourth-order valence-electron chi connectivity index (χ4n) is 1.63. The zero-order valence-corrected chi connectivity index (χ0v) is 10.9. The van der Waals surface area contributed by atoms with Crippen LogP contribution in [0.15, 0.2) is 36.8 Å². The largest absolute Gasteiger partial charge is 0.384 e. The summed E-state index contributed by atoms with van der Waals surface area (Å²) >= 11 is 0. The van der Waals surface area contributed by atoms with E-state index in [-0.39, 0.29) is 12.5 Å². The van der Waals surface area contributed by atoms with Crippen molar-refractivity contribution in [2.75, 3.05) is 11.9 Å². The maximum Gasteiger partial charge on any atom is 0.256 e. The molecule has 0 atom stereocenters. The van der Waals surface area contributed by atoms with Gasteiger partial charge in [-0.2, -0.15) is 0 Å². The second kappa shape index (κ2) is 6.45. The molecule has 2 aromatic rings. The number of carbonyl (C=O) groups excluding carboxylic acids is 1. The summed E-state index contributed by atoms with van der Waals surface area (Å²) in [5.74, 6) is 5.55. The van der Waals surface area contributed by atoms with Gasteiger partial charge in [0.2, 0.25) is 0 Å². The Bertz CT molecular complexity index is 673. The topological polar surface area (TPSA) is 75.1 Å². The van der Waals surface area contributed by atoms with Gasteiger partial charge in [0, 0.05) is 23.5 Å². The van der Waals surface area contributed by atoms with Crippen LogP contribution in [0.25, 0.3) is 0 Å². The van der Waals surface area contributed by atoms with Crippen molar-refractivity contribution in [1.82, 2.24) is 9.97 Å². The fraction of sp³-hybridized carbons (Fsp3) is 0.133. The van der Waals surface area contributed by atoms with E-state index >= 15 is 0 Å². The van der Waals surface area contributed by atoms with Gasteiger partial charge in [0.05, 0.1) is 6.20 Å². The molecule has 2 rings (SSSR count). The van der Waals surface area contributed by atoms with Crippen LogP contribution in [0.4, 0.5) is 5.82 Å². The highest BCUT2D eigenvalue weighted by Gasteiger charge is 2.08. The lowest BCUT2D eigenvalue weighted by Gasteiger charge is -2.05. The van der Waals surface area contributed by atoms with Crippen molar-refractivity contribution in [3.63, 3.8) is 0 Å². The lowest BCUT2D eigenvalue weighted by Crippen LogP contribution is -2.13. The first-order chi connectivity index (χ1) is 9.70. The van der Waals surface area contributed by atoms with E-state index in [4.69, 9.17) is 5.11 Å². The number of benzene rings is 1. The van der Waals surface area contributed by atoms with E-state index in [0.717, 1.165) is 11.1 Å². The van der Waals surface area contributed by atoms with Crippen LogP contribution in [0.5, 0.6) is 0 Å². The average Bonchev–Trinajstić information content (AvgIpc) is 2.47. The summed E-state index contributed by atoms with van der Waals surface area (Å²) in [6.45, 7) is 1.68. The Balaban J connectivity index is 2.17. The Hall–Kier alpha value is -2.71. The molecule has 1 aromatic carbocycles. The number of anilines is 1. The van der Waals surface area contributed by atoms with E-state index in [2.05, 4.69) is 27.1 Å². The minimum absolute atomic E-state index is 0.186. The number of amides is 1. The highest BCUT2D eigenvalue weighted by Crippen LogP contribution is 2.11. The molecule has 1 heterocycles. The number of aromatic nitrogens is 2. The van der Waals surface area contributed by atoms with Crippen molar-refractivity contribution >= 4 is 11.7 Å². The van der Waals surface area contributed by atoms with Crippen molar-refractivity contribution in [2.45, 2.75) is 6.92 Å². The predicted molar refractivity (Wildman–Crippen MR) is 75.1 cm³/mol. The minimum Gasteiger partial charge on any atom is -0.384 e. The molecule has 5 heteroatoms. The molecule has 0 aliphatic rings. The molecule has 0 saturated heterocycles. The molecule has 0 saturated carbocycles. The summed E-state index contributed by atoms with van der Waals surface area (Å²) < 4.78 is 0. The van der Waals surface area contributed by atoms with Crippen molar-refractivity contribution in [2.24, 2.45) is 0 Å². The van der Waals surface area contributed by atoms with Gasteiger partial charge in [-0.1, -0.05) is 11.8 Å². The van der Waals surface area contributed by atoms with Crippen LogP contribution in [-0.2, 0) is 0 Å². The maximum atomic E-state index is 12.0. The normalized spacial score (nSPS) is 9.50. The van der Waals surface area contributed by atoms with Gasteiger partial charge in [-0.25, -0.2) is 4.98 Å². The molecule has 2 N–H and O–H groups in total. The molecule has 5 nitrogen and oxygen atoms in total. The monoisotopic (exact) mass is 267 g/mol. The molecule has 0 unspecified atom stereocenters. The molecule has 1 aromatic heterocycles. The minimum atomic E-state index is -0.254. The lowest BCUT2D eigenvalue weighted by molar-refractivity contribution is 0.102. The molecule has 0 spiro atoms. The number of carbonyl (C=O) groups is 1. The number of aryl methyl sites for hydroxylation is 1. The third-order valence-corrected chi connectivity index (χ3v) is 2.60. The Labute approximate surface area is 116 Å². The van der Waals surface area contributed by atoms with Crippen molar-refractivity contribution in [1.29, 1.82) is 0 Å². The first kappa shape index (κ1) is 13.7. The zero-order valence-electron chi connectivity index (χ0n) is 10.9. The Kier molecular flexibility index (Phi) is 4.43. The highest BCUT2D eigenvalue weighted by molar-refractivity contribution is 6.03. The van der Waals surface area contributed by atoms with Crippen LogP contribution < -0.4 is 5.32 Å². The van der Waals surface area contributed by atoms with E-state index in [0.29, 0.717) is 11.4 Å². The SMILES string of the molecule is Cc1cc(C(=O)Nc2cnccn2)ccc1C#CCO. The zero-order chi connectivity index (χ0) is 14.4. The number of nitrogens with zero attached hydrogens (tertiary/aromatic N) is 2. The van der Waals surface area contributed by atoms with Gasteiger partial charge in [0.15, 0.2) is 5.82 Å². The van der Waals surface area contributed by atoms with E-state index in [1.54, 1.807) is 18.2 Å². The Morgan fingerprint density at radius 2 is 2.25 bits per heavy atom. The number of aliphatic hydroxyl groups is 1. The summed E-state index contributed by atoms with van der Waals surface area (Å²) in [5, 5.41) is 11.3. The van der Waals surface area contributed by atoms with Crippen molar-refractivity contribution in [3.8, 4) is 11.8 Å². The number of rotatable bonds is 2. The van der Waals surface area contributed by atoms with Gasteiger partial charge in [-0.05, 0) is 30.7 Å². The summed E-state index contributed by atoms with van der Waals surface area (Å²) in [4.78, 5) is 19.9. The first-order valence-corrected chi connectivity index (χ1v) is 5.98. The van der Waals surface area contributed by atoms with Crippen LogP contribution in [0.3, 0.4) is 0 Å². The van der Waals surface area contributed by atoms with Crippen LogP contribution in [0.2, 0.25) is 0 Å². The lowest BCUT2D eigenvalue weighted by atomic mass is 10.0. The smallest absolute Gasteiger partial charge is 0.256 e. The molecule has 0 bridgehead atoms. The van der Waals surface area contributed by atoms with Gasteiger partial charge in [0.25, 0.3) is 5.91 Å². The van der Waals surface area contributed by atoms with Gasteiger partial charge in [-0.3, -0.25) is 9.78 Å². The quantitative estimate of drug-likeness (QED) is 0.806. The predicted octanol–water partition coefficient (Wildman–Crippen LogP) is 1.38.